The Morgan fingerprint density at radius 1 is 1.00 bits per heavy atom. The molecule has 0 spiro atoms. The van der Waals surface area contributed by atoms with Gasteiger partial charge in [0.2, 0.25) is 0 Å². The van der Waals surface area contributed by atoms with Crippen LogP contribution in [0.4, 0.5) is 8.78 Å². The van der Waals surface area contributed by atoms with E-state index in [1.165, 1.54) is 0 Å². The van der Waals surface area contributed by atoms with E-state index in [-0.39, 0.29) is 24.8 Å². The first kappa shape index (κ1) is 20.9. The van der Waals surface area contributed by atoms with Crippen LogP contribution in [0.25, 0.3) is 10.8 Å². The SMILES string of the molecule is COc1ccc2cc([C@H](C(F)F)N3CCNCC3)ccc2c1.Cl.Cl. The molecule has 1 heterocycles. The smallest absolute Gasteiger partial charge is 0.258 e. The molecular weight excluding hydrogens is 357 g/mol. The van der Waals surface area contributed by atoms with Crippen molar-refractivity contribution in [3.63, 3.8) is 0 Å². The summed E-state index contributed by atoms with van der Waals surface area (Å²) in [7, 11) is 1.62. The average Bonchev–Trinajstić information content (AvgIpc) is 2.55. The fourth-order valence-corrected chi connectivity index (χ4v) is 3.03. The van der Waals surface area contributed by atoms with Crippen LogP contribution in [0, 0.1) is 0 Å². The first-order chi connectivity index (χ1) is 10.7. The number of ether oxygens (including phenoxy) is 1. The van der Waals surface area contributed by atoms with Gasteiger partial charge in [-0.3, -0.25) is 4.90 Å². The molecule has 0 radical (unpaired) electrons. The number of rotatable bonds is 4. The maximum Gasteiger partial charge on any atom is 0.258 e. The van der Waals surface area contributed by atoms with Crippen LogP contribution in [0.3, 0.4) is 0 Å². The van der Waals surface area contributed by atoms with Crippen molar-refractivity contribution in [2.24, 2.45) is 0 Å². The van der Waals surface area contributed by atoms with Gasteiger partial charge in [0.15, 0.2) is 0 Å². The van der Waals surface area contributed by atoms with Crippen molar-refractivity contribution >= 4 is 35.6 Å². The van der Waals surface area contributed by atoms with Gasteiger partial charge in [0.25, 0.3) is 6.43 Å². The van der Waals surface area contributed by atoms with E-state index in [9.17, 15) is 8.78 Å². The largest absolute Gasteiger partial charge is 0.497 e. The molecule has 0 bridgehead atoms. The van der Waals surface area contributed by atoms with Crippen LogP contribution < -0.4 is 10.1 Å². The predicted molar refractivity (Wildman–Crippen MR) is 98.2 cm³/mol. The van der Waals surface area contributed by atoms with E-state index in [0.29, 0.717) is 18.7 Å². The van der Waals surface area contributed by atoms with Gasteiger partial charge in [-0.25, -0.2) is 8.78 Å². The van der Waals surface area contributed by atoms with E-state index >= 15 is 0 Å². The zero-order valence-corrected chi connectivity index (χ0v) is 15.0. The summed E-state index contributed by atoms with van der Waals surface area (Å²) < 4.78 is 32.4. The minimum atomic E-state index is -2.39. The molecule has 1 atom stereocenters. The van der Waals surface area contributed by atoms with Gasteiger partial charge in [0.1, 0.15) is 5.75 Å². The molecule has 1 fully saturated rings. The summed E-state index contributed by atoms with van der Waals surface area (Å²) in [6.45, 7) is 2.81. The molecule has 3 nitrogen and oxygen atoms in total. The van der Waals surface area contributed by atoms with Gasteiger partial charge >= 0.3 is 0 Å². The highest BCUT2D eigenvalue weighted by molar-refractivity contribution is 5.86. The molecule has 3 rings (SSSR count). The molecule has 1 N–H and O–H groups in total. The third kappa shape index (κ3) is 4.48. The third-order valence-corrected chi connectivity index (χ3v) is 4.20. The van der Waals surface area contributed by atoms with Crippen molar-refractivity contribution in [3.8, 4) is 5.75 Å². The summed E-state index contributed by atoms with van der Waals surface area (Å²) in [4.78, 5) is 1.87. The molecule has 2 aromatic carbocycles. The Kier molecular flexibility index (Phi) is 8.16. The zero-order valence-electron chi connectivity index (χ0n) is 13.4. The van der Waals surface area contributed by atoms with Gasteiger partial charge in [-0.15, -0.1) is 24.8 Å². The number of hydrogen-bond donors (Lipinski definition) is 1. The van der Waals surface area contributed by atoms with Gasteiger partial charge in [-0.1, -0.05) is 18.2 Å². The first-order valence-electron chi connectivity index (χ1n) is 7.49. The lowest BCUT2D eigenvalue weighted by Gasteiger charge is -2.34. The van der Waals surface area contributed by atoms with Crippen molar-refractivity contribution in [1.82, 2.24) is 10.2 Å². The fraction of sp³-hybridized carbons (Fsp3) is 0.412. The number of fused-ring (bicyclic) bond motifs is 1. The van der Waals surface area contributed by atoms with Gasteiger partial charge < -0.3 is 10.1 Å². The maximum atomic E-state index is 13.6. The van der Waals surface area contributed by atoms with Crippen LogP contribution in [0.2, 0.25) is 0 Å². The van der Waals surface area contributed by atoms with E-state index in [1.54, 1.807) is 13.2 Å². The standard InChI is InChI=1S/C17H20F2N2O.2ClH/c1-22-15-5-4-12-10-14(3-2-13(12)11-15)16(17(18)19)21-8-6-20-7-9-21;;/h2-5,10-11,16-17,20H,6-9H2,1H3;2*1H/t16-;;/m1../s1. The second kappa shape index (κ2) is 9.37. The summed E-state index contributed by atoms with van der Waals surface area (Å²) >= 11 is 0. The molecular formula is C17H22Cl2F2N2O. The zero-order chi connectivity index (χ0) is 15.5. The average molecular weight is 379 g/mol. The van der Waals surface area contributed by atoms with Gasteiger partial charge in [0, 0.05) is 26.2 Å². The number of nitrogens with one attached hydrogen (secondary N) is 1. The van der Waals surface area contributed by atoms with Crippen LogP contribution in [-0.2, 0) is 0 Å². The fourth-order valence-electron chi connectivity index (χ4n) is 3.03. The van der Waals surface area contributed by atoms with Crippen molar-refractivity contribution in [1.29, 1.82) is 0 Å². The number of halogens is 4. The first-order valence-corrected chi connectivity index (χ1v) is 7.49. The number of hydrogen-bond acceptors (Lipinski definition) is 3. The Morgan fingerprint density at radius 3 is 2.25 bits per heavy atom. The lowest BCUT2D eigenvalue weighted by atomic mass is 10.00. The summed E-state index contributed by atoms with van der Waals surface area (Å²) in [6.07, 6.45) is -2.39. The molecule has 24 heavy (non-hydrogen) atoms. The number of alkyl halides is 2. The summed E-state index contributed by atoms with van der Waals surface area (Å²) in [5, 5.41) is 5.16. The summed E-state index contributed by atoms with van der Waals surface area (Å²) in [5.41, 5.74) is 0.676. The lowest BCUT2D eigenvalue weighted by Crippen LogP contribution is -2.46. The molecule has 1 aliphatic heterocycles. The number of benzene rings is 2. The van der Waals surface area contributed by atoms with E-state index in [2.05, 4.69) is 5.32 Å². The van der Waals surface area contributed by atoms with Crippen LogP contribution >= 0.6 is 24.8 Å². The van der Waals surface area contributed by atoms with Crippen molar-refractivity contribution in [2.45, 2.75) is 12.5 Å². The maximum absolute atomic E-state index is 13.6. The molecule has 0 amide bonds. The highest BCUT2D eigenvalue weighted by atomic mass is 35.5. The highest BCUT2D eigenvalue weighted by Crippen LogP contribution is 2.31. The Morgan fingerprint density at radius 2 is 1.62 bits per heavy atom. The third-order valence-electron chi connectivity index (χ3n) is 4.20. The molecule has 1 saturated heterocycles. The normalized spacial score (nSPS) is 16.3. The molecule has 0 aliphatic carbocycles. The molecule has 0 unspecified atom stereocenters. The monoisotopic (exact) mass is 378 g/mol. The van der Waals surface area contributed by atoms with Crippen LogP contribution in [0.5, 0.6) is 5.75 Å². The summed E-state index contributed by atoms with van der Waals surface area (Å²) in [6, 6.07) is 10.4. The van der Waals surface area contributed by atoms with Crippen molar-refractivity contribution in [2.75, 3.05) is 33.3 Å². The molecule has 0 aromatic heterocycles. The lowest BCUT2D eigenvalue weighted by molar-refractivity contribution is 0.0182. The van der Waals surface area contributed by atoms with Crippen molar-refractivity contribution < 1.29 is 13.5 Å². The Hall–Kier alpha value is -1.14. The van der Waals surface area contributed by atoms with Gasteiger partial charge in [-0.05, 0) is 34.5 Å². The molecule has 1 aliphatic rings. The summed E-state index contributed by atoms with van der Waals surface area (Å²) in [5.74, 6) is 0.771. The minimum absolute atomic E-state index is 0. The van der Waals surface area contributed by atoms with E-state index in [0.717, 1.165) is 29.6 Å². The number of piperazine rings is 1. The number of nitrogens with zero attached hydrogens (tertiary/aromatic N) is 1. The van der Waals surface area contributed by atoms with Crippen molar-refractivity contribution in [3.05, 3.63) is 42.0 Å². The molecule has 134 valence electrons. The highest BCUT2D eigenvalue weighted by Gasteiger charge is 2.30. The van der Waals surface area contributed by atoms with Gasteiger partial charge in [-0.2, -0.15) is 0 Å². The molecule has 2 aromatic rings. The quantitative estimate of drug-likeness (QED) is 0.872. The van der Waals surface area contributed by atoms with Gasteiger partial charge in [0.05, 0.1) is 13.2 Å². The Bertz CT molecular complexity index is 652. The van der Waals surface area contributed by atoms with E-state index in [1.807, 2.05) is 35.2 Å². The second-order valence-corrected chi connectivity index (χ2v) is 5.54. The van der Waals surface area contributed by atoms with E-state index in [4.69, 9.17) is 4.74 Å². The Labute approximate surface area is 153 Å². The number of methoxy groups -OCH3 is 1. The molecule has 0 saturated carbocycles. The molecule has 7 heteroatoms. The van der Waals surface area contributed by atoms with Crippen LogP contribution in [0.1, 0.15) is 11.6 Å². The van der Waals surface area contributed by atoms with Crippen LogP contribution in [-0.4, -0.2) is 44.6 Å². The van der Waals surface area contributed by atoms with E-state index < -0.39 is 12.5 Å². The predicted octanol–water partition coefficient (Wildman–Crippen LogP) is 3.90. The second-order valence-electron chi connectivity index (χ2n) is 5.54. The van der Waals surface area contributed by atoms with Crippen LogP contribution in [0.15, 0.2) is 36.4 Å². The Balaban J connectivity index is 0.00000144. The minimum Gasteiger partial charge on any atom is -0.497 e. The topological polar surface area (TPSA) is 24.5 Å².